The Hall–Kier alpha value is -3.00. The minimum Gasteiger partial charge on any atom is -0.349 e. The van der Waals surface area contributed by atoms with Crippen LogP contribution in [0.5, 0.6) is 0 Å². The van der Waals surface area contributed by atoms with Gasteiger partial charge in [-0.2, -0.15) is 0 Å². The summed E-state index contributed by atoms with van der Waals surface area (Å²) in [5.74, 6) is -0.162. The second-order valence-electron chi connectivity index (χ2n) is 9.04. The van der Waals surface area contributed by atoms with E-state index in [2.05, 4.69) is 31.6 Å². The van der Waals surface area contributed by atoms with Crippen molar-refractivity contribution in [2.24, 2.45) is 0 Å². The standard InChI is InChI=1S/C24H32N6O2/c1-15(2)28-24(32)30-13-20-10-9-19(29(20)12-18-7-5-6-8-21(18)30)11-25-23(31)22-16(3)17(4)26-14-27-22/h5-8,14-15,19-20H,9-13H2,1-4H3,(H,25,31)(H,28,32). The summed E-state index contributed by atoms with van der Waals surface area (Å²) in [5, 5.41) is 6.12. The second-order valence-corrected chi connectivity index (χ2v) is 9.04. The SMILES string of the molecule is Cc1ncnc(C(=O)NCC2CCC3CN(C(=O)NC(C)C)c4ccccc4CN23)c1C. The maximum absolute atomic E-state index is 13.0. The van der Waals surface area contributed by atoms with Gasteiger partial charge < -0.3 is 10.6 Å². The van der Waals surface area contributed by atoms with Crippen LogP contribution in [0, 0.1) is 13.8 Å². The third kappa shape index (κ3) is 4.46. The molecule has 2 aliphatic rings. The number of nitrogens with zero attached hydrogens (tertiary/aromatic N) is 4. The number of urea groups is 1. The Balaban J connectivity index is 1.49. The van der Waals surface area contributed by atoms with Crippen molar-refractivity contribution in [2.45, 2.75) is 65.2 Å². The molecular weight excluding hydrogens is 404 g/mol. The van der Waals surface area contributed by atoms with E-state index in [4.69, 9.17) is 0 Å². The van der Waals surface area contributed by atoms with Gasteiger partial charge in [0.15, 0.2) is 0 Å². The van der Waals surface area contributed by atoms with Gasteiger partial charge in [0.2, 0.25) is 0 Å². The Kier molecular flexibility index (Phi) is 6.41. The molecule has 8 heteroatoms. The molecule has 1 saturated heterocycles. The monoisotopic (exact) mass is 436 g/mol. The molecule has 0 spiro atoms. The van der Waals surface area contributed by atoms with Crippen molar-refractivity contribution in [2.75, 3.05) is 18.0 Å². The first kappa shape index (κ1) is 22.2. The molecule has 0 bridgehead atoms. The van der Waals surface area contributed by atoms with Crippen LogP contribution in [0.2, 0.25) is 0 Å². The van der Waals surface area contributed by atoms with Gasteiger partial charge in [-0.05, 0) is 52.2 Å². The molecule has 2 unspecified atom stereocenters. The van der Waals surface area contributed by atoms with Gasteiger partial charge in [-0.15, -0.1) is 0 Å². The fraction of sp³-hybridized carbons (Fsp3) is 0.500. The number of amides is 3. The molecule has 2 N–H and O–H groups in total. The van der Waals surface area contributed by atoms with Crippen LogP contribution in [0.3, 0.4) is 0 Å². The van der Waals surface area contributed by atoms with E-state index in [9.17, 15) is 9.59 Å². The fourth-order valence-electron chi connectivity index (χ4n) is 4.68. The van der Waals surface area contributed by atoms with Crippen LogP contribution in [-0.2, 0) is 6.54 Å². The lowest BCUT2D eigenvalue weighted by atomic mass is 10.1. The molecule has 3 heterocycles. The summed E-state index contributed by atoms with van der Waals surface area (Å²) in [5.41, 5.74) is 4.16. The van der Waals surface area contributed by atoms with E-state index in [0.29, 0.717) is 18.8 Å². The lowest BCUT2D eigenvalue weighted by molar-refractivity contribution is 0.0928. The predicted molar refractivity (Wildman–Crippen MR) is 124 cm³/mol. The van der Waals surface area contributed by atoms with Crippen LogP contribution in [0.4, 0.5) is 10.5 Å². The summed E-state index contributed by atoms with van der Waals surface area (Å²) < 4.78 is 0. The van der Waals surface area contributed by atoms with E-state index in [-0.39, 0.29) is 30.1 Å². The first-order valence-electron chi connectivity index (χ1n) is 11.3. The second kappa shape index (κ2) is 9.24. The van der Waals surface area contributed by atoms with Crippen LogP contribution in [0.1, 0.15) is 54.0 Å². The molecule has 1 aromatic heterocycles. The van der Waals surface area contributed by atoms with Crippen molar-refractivity contribution < 1.29 is 9.59 Å². The highest BCUT2D eigenvalue weighted by atomic mass is 16.2. The zero-order chi connectivity index (χ0) is 22.8. The first-order chi connectivity index (χ1) is 15.3. The largest absolute Gasteiger partial charge is 0.349 e. The van der Waals surface area contributed by atoms with Crippen molar-refractivity contribution in [1.82, 2.24) is 25.5 Å². The highest BCUT2D eigenvalue weighted by Gasteiger charge is 2.39. The number of rotatable bonds is 4. The van der Waals surface area contributed by atoms with Crippen LogP contribution in [0.15, 0.2) is 30.6 Å². The predicted octanol–water partition coefficient (Wildman–Crippen LogP) is 2.79. The van der Waals surface area contributed by atoms with E-state index in [1.54, 1.807) is 0 Å². The molecule has 1 fully saturated rings. The molecule has 0 aliphatic carbocycles. The van der Waals surface area contributed by atoms with Crippen molar-refractivity contribution in [3.63, 3.8) is 0 Å². The van der Waals surface area contributed by atoms with Crippen LogP contribution >= 0.6 is 0 Å². The zero-order valence-corrected chi connectivity index (χ0v) is 19.3. The number of carbonyl (C=O) groups is 2. The minimum absolute atomic E-state index is 0.0549. The molecule has 3 amide bonds. The maximum Gasteiger partial charge on any atom is 0.322 e. The number of anilines is 1. The zero-order valence-electron chi connectivity index (χ0n) is 19.3. The highest BCUT2D eigenvalue weighted by Crippen LogP contribution is 2.34. The normalized spacial score (nSPS) is 20.5. The van der Waals surface area contributed by atoms with Gasteiger partial charge in [-0.25, -0.2) is 14.8 Å². The molecular formula is C24H32N6O2. The summed E-state index contributed by atoms with van der Waals surface area (Å²) in [7, 11) is 0. The van der Waals surface area contributed by atoms with Gasteiger partial charge in [0.05, 0.1) is 0 Å². The van der Waals surface area contributed by atoms with E-state index in [1.807, 2.05) is 50.8 Å². The van der Waals surface area contributed by atoms with Gasteiger partial charge >= 0.3 is 6.03 Å². The van der Waals surface area contributed by atoms with Gasteiger partial charge in [0.25, 0.3) is 5.91 Å². The summed E-state index contributed by atoms with van der Waals surface area (Å²) in [6.07, 6.45) is 3.41. The lowest BCUT2D eigenvalue weighted by Crippen LogP contribution is -2.49. The van der Waals surface area contributed by atoms with E-state index >= 15 is 0 Å². The number of benzene rings is 1. The third-order valence-corrected chi connectivity index (χ3v) is 6.51. The summed E-state index contributed by atoms with van der Waals surface area (Å²) >= 11 is 0. The number of carbonyl (C=O) groups excluding carboxylic acids is 2. The average molecular weight is 437 g/mol. The molecule has 32 heavy (non-hydrogen) atoms. The van der Waals surface area contributed by atoms with Gasteiger partial charge in [0.1, 0.15) is 12.0 Å². The van der Waals surface area contributed by atoms with Gasteiger partial charge in [0, 0.05) is 54.7 Å². The van der Waals surface area contributed by atoms with E-state index in [0.717, 1.165) is 41.9 Å². The molecule has 170 valence electrons. The van der Waals surface area contributed by atoms with Crippen LogP contribution in [0.25, 0.3) is 0 Å². The van der Waals surface area contributed by atoms with Crippen molar-refractivity contribution in [3.05, 3.63) is 53.1 Å². The number of nitrogens with one attached hydrogen (secondary N) is 2. The molecule has 1 aromatic carbocycles. The number of aromatic nitrogens is 2. The molecule has 2 atom stereocenters. The average Bonchev–Trinajstić information content (AvgIpc) is 3.04. The number of para-hydroxylation sites is 1. The van der Waals surface area contributed by atoms with Crippen molar-refractivity contribution in [3.8, 4) is 0 Å². The lowest BCUT2D eigenvalue weighted by Gasteiger charge is -2.30. The number of hydrogen-bond acceptors (Lipinski definition) is 5. The fourth-order valence-corrected chi connectivity index (χ4v) is 4.68. The number of fused-ring (bicyclic) bond motifs is 2. The Bertz CT molecular complexity index is 1010. The quantitative estimate of drug-likeness (QED) is 0.769. The third-order valence-electron chi connectivity index (χ3n) is 6.51. The van der Waals surface area contributed by atoms with Crippen molar-refractivity contribution in [1.29, 1.82) is 0 Å². The number of hydrogen-bond donors (Lipinski definition) is 2. The molecule has 4 rings (SSSR count). The Morgan fingerprint density at radius 1 is 1.16 bits per heavy atom. The summed E-state index contributed by atoms with van der Waals surface area (Å²) in [6.45, 7) is 9.66. The summed E-state index contributed by atoms with van der Waals surface area (Å²) in [4.78, 5) is 38.4. The van der Waals surface area contributed by atoms with Crippen LogP contribution in [-0.4, -0.2) is 58.0 Å². The molecule has 8 nitrogen and oxygen atoms in total. The Morgan fingerprint density at radius 3 is 2.72 bits per heavy atom. The Labute approximate surface area is 189 Å². The van der Waals surface area contributed by atoms with E-state index < -0.39 is 0 Å². The Morgan fingerprint density at radius 2 is 1.94 bits per heavy atom. The van der Waals surface area contributed by atoms with E-state index in [1.165, 1.54) is 6.33 Å². The molecule has 2 aliphatic heterocycles. The summed E-state index contributed by atoms with van der Waals surface area (Å²) in [6, 6.07) is 8.61. The first-order valence-corrected chi connectivity index (χ1v) is 11.3. The highest BCUT2D eigenvalue weighted by molar-refractivity contribution is 5.94. The topological polar surface area (TPSA) is 90.5 Å². The maximum atomic E-state index is 13.0. The number of aryl methyl sites for hydroxylation is 1. The molecule has 0 radical (unpaired) electrons. The minimum atomic E-state index is -0.162. The smallest absolute Gasteiger partial charge is 0.322 e. The van der Waals surface area contributed by atoms with Crippen LogP contribution < -0.4 is 15.5 Å². The van der Waals surface area contributed by atoms with Crippen molar-refractivity contribution >= 4 is 17.6 Å². The van der Waals surface area contributed by atoms with Gasteiger partial charge in [-0.1, -0.05) is 18.2 Å². The molecule has 2 aromatic rings. The molecule has 0 saturated carbocycles. The van der Waals surface area contributed by atoms with Gasteiger partial charge in [-0.3, -0.25) is 14.6 Å².